The van der Waals surface area contributed by atoms with Gasteiger partial charge < -0.3 is 5.31 Å². The number of hydrogen-bond donors (Lipinski definition) is 1. The molecule has 2 unspecified atom stereocenters. The predicted octanol–water partition coefficient (Wildman–Crippen LogP) is 1.21. The van der Waals surface area contributed by atoms with Crippen LogP contribution in [-0.4, -0.2) is 18.3 Å². The number of nitrogens with one attached hydrogen (secondary N) is 1. The van der Waals surface area contributed by atoms with E-state index in [1.54, 1.807) is 6.92 Å². The number of Topliss-reactive ketones (excluding diaryl/α,β-unsaturated/α-hetero) is 1. The summed E-state index contributed by atoms with van der Waals surface area (Å²) in [6, 6.07) is -1.07. The van der Waals surface area contributed by atoms with Crippen molar-refractivity contribution in [3.63, 3.8) is 0 Å². The highest BCUT2D eigenvalue weighted by molar-refractivity contribution is 5.86. The van der Waals surface area contributed by atoms with E-state index in [1.165, 1.54) is 0 Å². The molecule has 0 saturated carbocycles. The van der Waals surface area contributed by atoms with Gasteiger partial charge in [0.1, 0.15) is 1.41 Å². The van der Waals surface area contributed by atoms with E-state index in [-0.39, 0.29) is 23.7 Å². The summed E-state index contributed by atoms with van der Waals surface area (Å²) < 4.78 is 15.5. The molecule has 0 aromatic rings. The summed E-state index contributed by atoms with van der Waals surface area (Å²) in [7, 11) is 0. The van der Waals surface area contributed by atoms with Crippen molar-refractivity contribution >= 4 is 5.78 Å². The third-order valence-corrected chi connectivity index (χ3v) is 2.09. The molecule has 1 aliphatic heterocycles. The minimum atomic E-state index is -1.07. The fourth-order valence-corrected chi connectivity index (χ4v) is 1.73. The Morgan fingerprint density at radius 2 is 2.27 bits per heavy atom. The molecule has 2 atom stereocenters. The van der Waals surface area contributed by atoms with Gasteiger partial charge in [-0.25, -0.2) is 0 Å². The second-order valence-electron chi connectivity index (χ2n) is 4.22. The molecule has 1 saturated heterocycles. The topological polar surface area (TPSA) is 29.1 Å². The second kappa shape index (κ2) is 2.59. The Bertz CT molecular complexity index is 232. The van der Waals surface area contributed by atoms with Gasteiger partial charge in [-0.15, -0.1) is 0 Å². The monoisotopic (exact) mass is 157 g/mol. The SMILES string of the molecule is [2H]N1CC(=O)C(C(C)(C)C)C1([2H])C. The Hall–Kier alpha value is -0.370. The molecule has 1 heterocycles. The van der Waals surface area contributed by atoms with Gasteiger partial charge in [0.05, 0.1) is 6.54 Å². The highest BCUT2D eigenvalue weighted by Crippen LogP contribution is 2.31. The zero-order valence-electron chi connectivity index (χ0n) is 9.64. The first kappa shape index (κ1) is 6.18. The van der Waals surface area contributed by atoms with E-state index < -0.39 is 6.02 Å². The van der Waals surface area contributed by atoms with Crippen LogP contribution in [0.25, 0.3) is 0 Å². The number of hydrogen-bond acceptors (Lipinski definition) is 2. The molecular formula is C9H17NO. The zero-order chi connectivity index (χ0) is 10.4. The van der Waals surface area contributed by atoms with Crippen LogP contribution < -0.4 is 5.31 Å². The molecule has 2 heteroatoms. The zero-order valence-corrected chi connectivity index (χ0v) is 7.64. The number of carbonyl (C=O) groups is 1. The summed E-state index contributed by atoms with van der Waals surface area (Å²) >= 11 is 0. The second-order valence-corrected chi connectivity index (χ2v) is 4.22. The van der Waals surface area contributed by atoms with E-state index in [4.69, 9.17) is 2.78 Å². The quantitative estimate of drug-likeness (QED) is 0.572. The molecule has 2 nitrogen and oxygen atoms in total. The number of ketones is 1. The Labute approximate surface area is 71.2 Å². The molecule has 1 aliphatic rings. The highest BCUT2D eigenvalue weighted by atomic mass is 16.1. The van der Waals surface area contributed by atoms with E-state index >= 15 is 0 Å². The molecule has 0 radical (unpaired) electrons. The van der Waals surface area contributed by atoms with Crippen LogP contribution in [0.5, 0.6) is 0 Å². The standard InChI is InChI=1S/C9H17NO/c1-6-8(9(2,3)4)7(11)5-10-6/h6,8,10H,5H2,1-4H3/i6D/hD. The molecule has 1 fully saturated rings. The van der Waals surface area contributed by atoms with Gasteiger partial charge in [0.15, 0.2) is 5.78 Å². The van der Waals surface area contributed by atoms with E-state index in [2.05, 4.69) is 0 Å². The van der Waals surface area contributed by atoms with Crippen molar-refractivity contribution in [2.24, 2.45) is 11.3 Å². The summed E-state index contributed by atoms with van der Waals surface area (Å²) in [5, 5.41) is 1.07. The van der Waals surface area contributed by atoms with Gasteiger partial charge in [0.2, 0.25) is 0 Å². The lowest BCUT2D eigenvalue weighted by Crippen LogP contribution is -2.33. The van der Waals surface area contributed by atoms with E-state index in [1.807, 2.05) is 20.8 Å². The van der Waals surface area contributed by atoms with Crippen molar-refractivity contribution in [2.45, 2.75) is 33.7 Å². The molecular weight excluding hydrogens is 138 g/mol. The molecule has 0 aliphatic carbocycles. The lowest BCUT2D eigenvalue weighted by molar-refractivity contribution is -0.122. The van der Waals surface area contributed by atoms with Crippen LogP contribution in [0.4, 0.5) is 0 Å². The first-order chi connectivity index (χ1) is 5.67. The number of carbonyl (C=O) groups excluding carboxylic acids is 1. The van der Waals surface area contributed by atoms with Gasteiger partial charge in [-0.05, 0) is 12.3 Å². The van der Waals surface area contributed by atoms with Gasteiger partial charge in [0, 0.05) is 13.3 Å². The number of rotatable bonds is 0. The molecule has 1 N–H and O–H groups in total. The molecule has 0 aromatic carbocycles. The molecule has 0 aromatic heterocycles. The van der Waals surface area contributed by atoms with Crippen molar-refractivity contribution in [1.82, 2.24) is 5.31 Å². The average Bonchev–Trinajstić information content (AvgIpc) is 1.99. The Balaban J connectivity index is 3.03. The van der Waals surface area contributed by atoms with Crippen molar-refractivity contribution in [2.75, 3.05) is 6.54 Å². The van der Waals surface area contributed by atoms with Crippen LogP contribution in [0.15, 0.2) is 0 Å². The lowest BCUT2D eigenvalue weighted by atomic mass is 9.76. The molecule has 11 heavy (non-hydrogen) atoms. The minimum absolute atomic E-state index is 0.0139. The molecule has 0 bridgehead atoms. The maximum Gasteiger partial charge on any atom is 0.151 e. The predicted molar refractivity (Wildman–Crippen MR) is 45.4 cm³/mol. The third-order valence-electron chi connectivity index (χ3n) is 2.09. The molecule has 0 spiro atoms. The van der Waals surface area contributed by atoms with Crippen LogP contribution in [-0.2, 0) is 4.79 Å². The van der Waals surface area contributed by atoms with Gasteiger partial charge in [-0.1, -0.05) is 20.8 Å². The van der Waals surface area contributed by atoms with Crippen molar-refractivity contribution in [1.29, 1.82) is 0 Å². The maximum absolute atomic E-state index is 11.6. The third kappa shape index (κ3) is 1.62. The first-order valence-electron chi connectivity index (χ1n) is 4.91. The van der Waals surface area contributed by atoms with E-state index in [9.17, 15) is 4.79 Å². The largest absolute Gasteiger partial charge is 0.307 e. The van der Waals surface area contributed by atoms with Crippen LogP contribution in [0, 0.1) is 11.3 Å². The summed E-state index contributed by atoms with van der Waals surface area (Å²) in [5.74, 6) is -0.350. The van der Waals surface area contributed by atoms with Crippen LogP contribution in [0.3, 0.4) is 0 Å². The van der Waals surface area contributed by atoms with Crippen molar-refractivity contribution < 1.29 is 7.58 Å². The van der Waals surface area contributed by atoms with Gasteiger partial charge in [-0.2, -0.15) is 0 Å². The van der Waals surface area contributed by atoms with Crippen LogP contribution >= 0.6 is 0 Å². The van der Waals surface area contributed by atoms with Gasteiger partial charge in [0.25, 0.3) is 0 Å². The van der Waals surface area contributed by atoms with Crippen LogP contribution in [0.1, 0.15) is 29.1 Å². The summed E-state index contributed by atoms with van der Waals surface area (Å²) in [6.45, 7) is 7.56. The summed E-state index contributed by atoms with van der Waals surface area (Å²) in [6.07, 6.45) is 0. The van der Waals surface area contributed by atoms with Crippen LogP contribution in [0.2, 0.25) is 1.41 Å². The maximum atomic E-state index is 11.6. The molecule has 0 amide bonds. The summed E-state index contributed by atoms with van der Waals surface area (Å²) in [5.41, 5.74) is -0.233. The Morgan fingerprint density at radius 3 is 2.45 bits per heavy atom. The van der Waals surface area contributed by atoms with Crippen molar-refractivity contribution in [3.05, 3.63) is 0 Å². The van der Waals surface area contributed by atoms with Crippen molar-refractivity contribution in [3.8, 4) is 0 Å². The Kier molecular flexibility index (Phi) is 1.46. The normalized spacial score (nSPS) is 44.0. The molecule has 1 rings (SSSR count). The van der Waals surface area contributed by atoms with E-state index in [0.29, 0.717) is 0 Å². The summed E-state index contributed by atoms with van der Waals surface area (Å²) in [4.78, 5) is 11.6. The average molecular weight is 157 g/mol. The lowest BCUT2D eigenvalue weighted by Gasteiger charge is -2.28. The highest BCUT2D eigenvalue weighted by Gasteiger charge is 2.39. The van der Waals surface area contributed by atoms with Gasteiger partial charge in [-0.3, -0.25) is 4.79 Å². The van der Waals surface area contributed by atoms with E-state index in [0.717, 1.165) is 5.31 Å². The minimum Gasteiger partial charge on any atom is -0.307 e. The Morgan fingerprint density at radius 1 is 1.73 bits per heavy atom. The first-order valence-corrected chi connectivity index (χ1v) is 3.96. The van der Waals surface area contributed by atoms with Gasteiger partial charge >= 0.3 is 0 Å². The fraction of sp³-hybridized carbons (Fsp3) is 0.889. The molecule has 64 valence electrons. The fourth-order valence-electron chi connectivity index (χ4n) is 1.73. The smallest absolute Gasteiger partial charge is 0.151 e.